The van der Waals surface area contributed by atoms with Crippen LogP contribution in [-0.4, -0.2) is 40.3 Å². The highest BCUT2D eigenvalue weighted by Crippen LogP contribution is 2.32. The van der Waals surface area contributed by atoms with Crippen LogP contribution in [0.5, 0.6) is 0 Å². The van der Waals surface area contributed by atoms with Crippen molar-refractivity contribution in [2.45, 2.75) is 50.6 Å². The Morgan fingerprint density at radius 1 is 1.21 bits per heavy atom. The standard InChI is InChI=1S/C20H21Cl2N3O2S/c21-12-3-8-15(16(22)10-12)20-24-17(11-28-20)19(27)23-13-4-6-14(7-5-13)25-9-1-2-18(25)26/h3,8,10-11,13-14H,1-2,4-7,9H2,(H,23,27). The highest BCUT2D eigenvalue weighted by Gasteiger charge is 2.32. The molecule has 4 rings (SSSR count). The summed E-state index contributed by atoms with van der Waals surface area (Å²) in [4.78, 5) is 31.0. The quantitative estimate of drug-likeness (QED) is 0.748. The maximum atomic E-state index is 12.6. The van der Waals surface area contributed by atoms with Crippen LogP contribution in [0.25, 0.3) is 10.6 Å². The molecule has 1 aromatic heterocycles. The zero-order chi connectivity index (χ0) is 19.7. The third-order valence-electron chi connectivity index (χ3n) is 5.48. The molecule has 5 nitrogen and oxygen atoms in total. The molecule has 0 unspecified atom stereocenters. The minimum atomic E-state index is -0.159. The van der Waals surface area contributed by atoms with Crippen LogP contribution >= 0.6 is 34.5 Å². The van der Waals surface area contributed by atoms with Crippen LogP contribution in [0.1, 0.15) is 49.0 Å². The zero-order valence-corrected chi connectivity index (χ0v) is 17.6. The normalized spacial score (nSPS) is 22.5. The van der Waals surface area contributed by atoms with E-state index in [1.807, 2.05) is 11.0 Å². The second-order valence-electron chi connectivity index (χ2n) is 7.33. The topological polar surface area (TPSA) is 62.3 Å². The summed E-state index contributed by atoms with van der Waals surface area (Å²) in [6.07, 6.45) is 5.32. The van der Waals surface area contributed by atoms with Crippen molar-refractivity contribution in [3.05, 3.63) is 39.3 Å². The number of likely N-dealkylation sites (tertiary alicyclic amines) is 1. The van der Waals surface area contributed by atoms with Gasteiger partial charge in [0, 0.05) is 41.0 Å². The van der Waals surface area contributed by atoms with Crippen LogP contribution in [0, 0.1) is 0 Å². The van der Waals surface area contributed by atoms with Gasteiger partial charge in [-0.05, 0) is 50.3 Å². The molecule has 0 spiro atoms. The van der Waals surface area contributed by atoms with Gasteiger partial charge in [-0.15, -0.1) is 11.3 Å². The van der Waals surface area contributed by atoms with Gasteiger partial charge in [-0.3, -0.25) is 9.59 Å². The largest absolute Gasteiger partial charge is 0.348 e. The molecule has 148 valence electrons. The first-order valence-electron chi connectivity index (χ1n) is 9.52. The van der Waals surface area contributed by atoms with Crippen molar-refractivity contribution in [3.63, 3.8) is 0 Å². The number of nitrogens with zero attached hydrogens (tertiary/aromatic N) is 2. The molecule has 1 N–H and O–H groups in total. The molecule has 0 atom stereocenters. The van der Waals surface area contributed by atoms with E-state index in [4.69, 9.17) is 23.2 Å². The van der Waals surface area contributed by atoms with Crippen LogP contribution in [0.15, 0.2) is 23.6 Å². The third kappa shape index (κ3) is 4.19. The van der Waals surface area contributed by atoms with Crippen molar-refractivity contribution in [1.29, 1.82) is 0 Å². The molecular weight excluding hydrogens is 417 g/mol. The molecule has 1 saturated heterocycles. The predicted molar refractivity (Wildman–Crippen MR) is 112 cm³/mol. The number of hydrogen-bond acceptors (Lipinski definition) is 4. The summed E-state index contributed by atoms with van der Waals surface area (Å²) < 4.78 is 0. The van der Waals surface area contributed by atoms with Crippen LogP contribution in [0.2, 0.25) is 10.0 Å². The van der Waals surface area contributed by atoms with Gasteiger partial charge in [0.1, 0.15) is 10.7 Å². The number of thiazole rings is 1. The Bertz CT molecular complexity index is 893. The van der Waals surface area contributed by atoms with E-state index in [9.17, 15) is 9.59 Å². The minimum absolute atomic E-state index is 0.130. The van der Waals surface area contributed by atoms with Crippen LogP contribution in [0.3, 0.4) is 0 Å². The number of aromatic nitrogens is 1. The number of amides is 2. The van der Waals surface area contributed by atoms with E-state index in [0.29, 0.717) is 33.2 Å². The summed E-state index contributed by atoms with van der Waals surface area (Å²) in [7, 11) is 0. The highest BCUT2D eigenvalue weighted by molar-refractivity contribution is 7.13. The first-order valence-corrected chi connectivity index (χ1v) is 11.2. The Kier molecular flexibility index (Phi) is 5.90. The van der Waals surface area contributed by atoms with Gasteiger partial charge < -0.3 is 10.2 Å². The fourth-order valence-corrected chi connectivity index (χ4v) is 5.40. The summed E-state index contributed by atoms with van der Waals surface area (Å²) in [5.74, 6) is 0.122. The summed E-state index contributed by atoms with van der Waals surface area (Å²) >= 11 is 13.6. The molecule has 2 amide bonds. The van der Waals surface area contributed by atoms with Crippen molar-refractivity contribution in [2.75, 3.05) is 6.54 Å². The number of benzene rings is 1. The predicted octanol–water partition coefficient (Wildman–Crippen LogP) is 4.78. The van der Waals surface area contributed by atoms with E-state index in [2.05, 4.69) is 10.3 Å². The summed E-state index contributed by atoms with van der Waals surface area (Å²) in [6, 6.07) is 5.70. The average Bonchev–Trinajstić information content (AvgIpc) is 3.32. The Hall–Kier alpha value is -1.63. The first-order chi connectivity index (χ1) is 13.5. The zero-order valence-electron chi connectivity index (χ0n) is 15.3. The molecule has 1 aromatic carbocycles. The molecule has 1 saturated carbocycles. The lowest BCUT2D eigenvalue weighted by Crippen LogP contribution is -2.44. The van der Waals surface area contributed by atoms with Gasteiger partial charge in [0.2, 0.25) is 5.91 Å². The molecule has 2 fully saturated rings. The third-order valence-corrected chi connectivity index (χ3v) is 6.90. The lowest BCUT2D eigenvalue weighted by molar-refractivity contribution is -0.130. The van der Waals surface area contributed by atoms with Crippen LogP contribution in [-0.2, 0) is 4.79 Å². The summed E-state index contributed by atoms with van der Waals surface area (Å²) in [5.41, 5.74) is 1.17. The van der Waals surface area contributed by atoms with Gasteiger partial charge in [0.05, 0.1) is 5.02 Å². The molecule has 2 aromatic rings. The number of hydrogen-bond donors (Lipinski definition) is 1. The average molecular weight is 438 g/mol. The van der Waals surface area contributed by atoms with E-state index in [-0.39, 0.29) is 17.9 Å². The van der Waals surface area contributed by atoms with E-state index < -0.39 is 0 Å². The fraction of sp³-hybridized carbons (Fsp3) is 0.450. The Labute approximate surface area is 178 Å². The van der Waals surface area contributed by atoms with Gasteiger partial charge in [-0.2, -0.15) is 0 Å². The first kappa shape index (κ1) is 19.7. The number of halogens is 2. The number of rotatable bonds is 4. The molecule has 28 heavy (non-hydrogen) atoms. The van der Waals surface area contributed by atoms with Gasteiger partial charge >= 0.3 is 0 Å². The number of carbonyl (C=O) groups is 2. The Morgan fingerprint density at radius 3 is 2.68 bits per heavy atom. The molecule has 2 aliphatic rings. The van der Waals surface area contributed by atoms with E-state index in [0.717, 1.165) is 44.2 Å². The molecule has 8 heteroatoms. The second-order valence-corrected chi connectivity index (χ2v) is 9.03. The lowest BCUT2D eigenvalue weighted by Gasteiger charge is -2.34. The second kappa shape index (κ2) is 8.39. The van der Waals surface area contributed by atoms with E-state index in [1.165, 1.54) is 11.3 Å². The number of nitrogens with one attached hydrogen (secondary N) is 1. The molecule has 1 aliphatic heterocycles. The monoisotopic (exact) mass is 437 g/mol. The van der Waals surface area contributed by atoms with Crippen molar-refractivity contribution in [3.8, 4) is 10.6 Å². The Balaban J connectivity index is 1.35. The SMILES string of the molecule is O=C(NC1CCC(N2CCCC2=O)CC1)c1csc(-c2ccc(Cl)cc2Cl)n1. The Morgan fingerprint density at radius 2 is 2.00 bits per heavy atom. The molecular formula is C20H21Cl2N3O2S. The smallest absolute Gasteiger partial charge is 0.270 e. The van der Waals surface area contributed by atoms with Crippen molar-refractivity contribution >= 4 is 46.4 Å². The fourth-order valence-electron chi connectivity index (χ4n) is 4.01. The summed E-state index contributed by atoms with van der Waals surface area (Å²) in [6.45, 7) is 0.884. The van der Waals surface area contributed by atoms with Crippen molar-refractivity contribution < 1.29 is 9.59 Å². The molecule has 1 aliphatic carbocycles. The highest BCUT2D eigenvalue weighted by atomic mass is 35.5. The van der Waals surface area contributed by atoms with E-state index in [1.54, 1.807) is 17.5 Å². The van der Waals surface area contributed by atoms with E-state index >= 15 is 0 Å². The van der Waals surface area contributed by atoms with Gasteiger partial charge in [0.25, 0.3) is 5.91 Å². The van der Waals surface area contributed by atoms with Crippen LogP contribution < -0.4 is 5.32 Å². The van der Waals surface area contributed by atoms with Gasteiger partial charge in [-0.25, -0.2) is 4.98 Å². The van der Waals surface area contributed by atoms with Crippen molar-refractivity contribution in [2.24, 2.45) is 0 Å². The minimum Gasteiger partial charge on any atom is -0.348 e. The summed E-state index contributed by atoms with van der Waals surface area (Å²) in [5, 5.41) is 6.63. The lowest BCUT2D eigenvalue weighted by atomic mass is 9.90. The number of carbonyl (C=O) groups excluding carboxylic acids is 2. The van der Waals surface area contributed by atoms with Gasteiger partial charge in [-0.1, -0.05) is 23.2 Å². The van der Waals surface area contributed by atoms with Gasteiger partial charge in [0.15, 0.2) is 0 Å². The molecule has 0 radical (unpaired) electrons. The van der Waals surface area contributed by atoms with Crippen molar-refractivity contribution in [1.82, 2.24) is 15.2 Å². The van der Waals surface area contributed by atoms with Crippen LogP contribution in [0.4, 0.5) is 0 Å². The maximum Gasteiger partial charge on any atom is 0.270 e. The molecule has 2 heterocycles. The molecule has 0 bridgehead atoms. The maximum absolute atomic E-state index is 12.6.